The van der Waals surface area contributed by atoms with Crippen LogP contribution in [-0.4, -0.2) is 11.9 Å². The molecule has 1 aromatic rings. The van der Waals surface area contributed by atoms with Gasteiger partial charge < -0.3 is 11.1 Å². The predicted octanol–water partition coefficient (Wildman–Crippen LogP) is 2.57. The monoisotopic (exact) mass is 240 g/mol. The van der Waals surface area contributed by atoms with Crippen LogP contribution in [0.5, 0.6) is 0 Å². The zero-order chi connectivity index (χ0) is 12.3. The number of nitrogens with two attached hydrogens (primary N) is 1. The van der Waals surface area contributed by atoms with Gasteiger partial charge in [0.05, 0.1) is 5.92 Å². The lowest BCUT2D eigenvalue weighted by atomic mass is 10.0. The smallest absolute Gasteiger partial charge is 0.228 e. The molecule has 2 unspecified atom stereocenters. The van der Waals surface area contributed by atoms with Gasteiger partial charge in [-0.1, -0.05) is 24.6 Å². The molecule has 0 saturated carbocycles. The number of hydrogen-bond acceptors (Lipinski definition) is 2. The molecule has 0 saturated heterocycles. The van der Waals surface area contributed by atoms with E-state index in [4.69, 9.17) is 17.3 Å². The van der Waals surface area contributed by atoms with Gasteiger partial charge in [0.1, 0.15) is 0 Å². The Hall–Kier alpha value is -1.06. The SMILES string of the molecule is Cc1ccc(NC(=O)C(C)C(C)N)cc1Cl. The fourth-order valence-electron chi connectivity index (χ4n) is 1.17. The molecule has 0 spiro atoms. The Bertz CT molecular complexity index is 391. The molecule has 2 atom stereocenters. The maximum absolute atomic E-state index is 11.7. The van der Waals surface area contributed by atoms with Crippen molar-refractivity contribution in [1.29, 1.82) is 0 Å². The van der Waals surface area contributed by atoms with Gasteiger partial charge in [-0.05, 0) is 31.5 Å². The van der Waals surface area contributed by atoms with Crippen LogP contribution in [0.15, 0.2) is 18.2 Å². The number of halogens is 1. The molecule has 3 nitrogen and oxygen atoms in total. The van der Waals surface area contributed by atoms with E-state index < -0.39 is 0 Å². The molecule has 0 heterocycles. The van der Waals surface area contributed by atoms with E-state index in [1.54, 1.807) is 13.0 Å². The minimum absolute atomic E-state index is 0.0880. The van der Waals surface area contributed by atoms with Crippen molar-refractivity contribution < 1.29 is 4.79 Å². The highest BCUT2D eigenvalue weighted by molar-refractivity contribution is 6.31. The molecule has 16 heavy (non-hydrogen) atoms. The summed E-state index contributed by atoms with van der Waals surface area (Å²) < 4.78 is 0. The van der Waals surface area contributed by atoms with Gasteiger partial charge in [0.25, 0.3) is 0 Å². The van der Waals surface area contributed by atoms with Crippen molar-refractivity contribution in [2.75, 3.05) is 5.32 Å². The number of hydrogen-bond donors (Lipinski definition) is 2. The van der Waals surface area contributed by atoms with Gasteiger partial charge in [0.2, 0.25) is 5.91 Å². The molecule has 3 N–H and O–H groups in total. The molecule has 0 aromatic heterocycles. The van der Waals surface area contributed by atoms with Gasteiger partial charge >= 0.3 is 0 Å². The third-order valence-electron chi connectivity index (χ3n) is 2.64. The highest BCUT2D eigenvalue weighted by Crippen LogP contribution is 2.20. The second-order valence-corrected chi connectivity index (χ2v) is 4.51. The van der Waals surface area contributed by atoms with Crippen LogP contribution in [0.25, 0.3) is 0 Å². The van der Waals surface area contributed by atoms with Crippen molar-refractivity contribution >= 4 is 23.2 Å². The molecule has 0 bridgehead atoms. The fourth-order valence-corrected chi connectivity index (χ4v) is 1.35. The normalized spacial score (nSPS) is 14.3. The zero-order valence-electron chi connectivity index (χ0n) is 9.75. The molecule has 1 aromatic carbocycles. The van der Waals surface area contributed by atoms with Crippen molar-refractivity contribution in [3.63, 3.8) is 0 Å². The molecule has 0 fully saturated rings. The van der Waals surface area contributed by atoms with Crippen LogP contribution < -0.4 is 11.1 Å². The van der Waals surface area contributed by atoms with E-state index in [0.717, 1.165) is 5.56 Å². The largest absolute Gasteiger partial charge is 0.327 e. The third-order valence-corrected chi connectivity index (χ3v) is 3.05. The number of anilines is 1. The minimum atomic E-state index is -0.222. The number of carbonyl (C=O) groups excluding carboxylic acids is 1. The van der Waals surface area contributed by atoms with Gasteiger partial charge in [-0.3, -0.25) is 4.79 Å². The number of benzene rings is 1. The van der Waals surface area contributed by atoms with Crippen molar-refractivity contribution in [3.8, 4) is 0 Å². The Morgan fingerprint density at radius 2 is 2.06 bits per heavy atom. The summed E-state index contributed by atoms with van der Waals surface area (Å²) in [7, 11) is 0. The molecule has 0 aliphatic rings. The summed E-state index contributed by atoms with van der Waals surface area (Å²) in [4.78, 5) is 11.7. The summed E-state index contributed by atoms with van der Waals surface area (Å²) in [5, 5.41) is 3.43. The summed E-state index contributed by atoms with van der Waals surface area (Å²) >= 11 is 5.96. The summed E-state index contributed by atoms with van der Waals surface area (Å²) in [6.45, 7) is 5.53. The Morgan fingerprint density at radius 3 is 2.56 bits per heavy atom. The number of nitrogens with one attached hydrogen (secondary N) is 1. The predicted molar refractivity (Wildman–Crippen MR) is 67.6 cm³/mol. The second-order valence-electron chi connectivity index (χ2n) is 4.10. The molecule has 0 radical (unpaired) electrons. The highest BCUT2D eigenvalue weighted by Gasteiger charge is 2.17. The zero-order valence-corrected chi connectivity index (χ0v) is 10.5. The lowest BCUT2D eigenvalue weighted by Gasteiger charge is -2.15. The number of amides is 1. The van der Waals surface area contributed by atoms with Gasteiger partial charge in [-0.2, -0.15) is 0 Å². The van der Waals surface area contributed by atoms with E-state index in [2.05, 4.69) is 5.32 Å². The lowest BCUT2D eigenvalue weighted by molar-refractivity contribution is -0.119. The topological polar surface area (TPSA) is 55.1 Å². The maximum atomic E-state index is 11.7. The lowest BCUT2D eigenvalue weighted by Crippen LogP contribution is -2.34. The van der Waals surface area contributed by atoms with Gasteiger partial charge in [0.15, 0.2) is 0 Å². The molecule has 4 heteroatoms. The van der Waals surface area contributed by atoms with Gasteiger partial charge in [-0.25, -0.2) is 0 Å². The molecule has 1 amide bonds. The molecular formula is C12H17ClN2O. The number of carbonyl (C=O) groups is 1. The van der Waals surface area contributed by atoms with Crippen LogP contribution in [-0.2, 0) is 4.79 Å². The van der Waals surface area contributed by atoms with Crippen molar-refractivity contribution in [1.82, 2.24) is 0 Å². The summed E-state index contributed by atoms with van der Waals surface area (Å²) in [5.74, 6) is -0.310. The van der Waals surface area contributed by atoms with E-state index in [1.165, 1.54) is 0 Å². The summed E-state index contributed by atoms with van der Waals surface area (Å²) in [5.41, 5.74) is 7.35. The van der Waals surface area contributed by atoms with Crippen molar-refractivity contribution in [2.45, 2.75) is 26.8 Å². The van der Waals surface area contributed by atoms with Crippen LogP contribution in [0.3, 0.4) is 0 Å². The quantitative estimate of drug-likeness (QED) is 0.853. The molecule has 0 aliphatic heterocycles. The van der Waals surface area contributed by atoms with Gasteiger partial charge in [-0.15, -0.1) is 0 Å². The van der Waals surface area contributed by atoms with Crippen LogP contribution in [0.2, 0.25) is 5.02 Å². The fraction of sp³-hybridized carbons (Fsp3) is 0.417. The average molecular weight is 241 g/mol. The average Bonchev–Trinajstić information content (AvgIpc) is 2.22. The molecule has 0 aliphatic carbocycles. The minimum Gasteiger partial charge on any atom is -0.327 e. The van der Waals surface area contributed by atoms with Crippen LogP contribution in [0.4, 0.5) is 5.69 Å². The second kappa shape index (κ2) is 5.32. The number of aryl methyl sites for hydroxylation is 1. The molecule has 88 valence electrons. The first-order chi connectivity index (χ1) is 7.41. The van der Waals surface area contributed by atoms with E-state index >= 15 is 0 Å². The number of rotatable bonds is 3. The Kier molecular flexibility index (Phi) is 4.33. The van der Waals surface area contributed by atoms with Crippen LogP contribution in [0, 0.1) is 12.8 Å². The van der Waals surface area contributed by atoms with Crippen LogP contribution >= 0.6 is 11.6 Å². The molecule has 1 rings (SSSR count). The van der Waals surface area contributed by atoms with E-state index in [-0.39, 0.29) is 17.9 Å². The summed E-state index contributed by atoms with van der Waals surface area (Å²) in [6, 6.07) is 5.27. The van der Waals surface area contributed by atoms with E-state index in [1.807, 2.05) is 26.0 Å². The first-order valence-corrected chi connectivity index (χ1v) is 5.62. The molecular weight excluding hydrogens is 224 g/mol. The highest BCUT2D eigenvalue weighted by atomic mass is 35.5. The van der Waals surface area contributed by atoms with E-state index in [9.17, 15) is 4.79 Å². The third kappa shape index (κ3) is 3.22. The maximum Gasteiger partial charge on any atom is 0.228 e. The Morgan fingerprint density at radius 1 is 1.44 bits per heavy atom. The standard InChI is InChI=1S/C12H17ClN2O/c1-7-4-5-10(6-11(7)13)15-12(16)8(2)9(3)14/h4-6,8-9H,14H2,1-3H3,(H,15,16). The first-order valence-electron chi connectivity index (χ1n) is 5.24. The first kappa shape index (κ1) is 13.0. The van der Waals surface area contributed by atoms with E-state index in [0.29, 0.717) is 10.7 Å². The Labute approximate surface area is 101 Å². The van der Waals surface area contributed by atoms with Gasteiger partial charge in [0, 0.05) is 16.8 Å². The summed E-state index contributed by atoms with van der Waals surface area (Å²) in [6.07, 6.45) is 0. The van der Waals surface area contributed by atoms with Crippen molar-refractivity contribution in [2.24, 2.45) is 11.7 Å². The Balaban J connectivity index is 2.74. The van der Waals surface area contributed by atoms with Crippen molar-refractivity contribution in [3.05, 3.63) is 28.8 Å². The van der Waals surface area contributed by atoms with Crippen LogP contribution in [0.1, 0.15) is 19.4 Å².